The van der Waals surface area contributed by atoms with Crippen LogP contribution >= 0.6 is 0 Å². The SMILES string of the molecule is CCN(C(C)C)C(C)C(=N)N. The Morgan fingerprint density at radius 1 is 1.45 bits per heavy atom. The van der Waals surface area contributed by atoms with Crippen LogP contribution in [0.5, 0.6) is 0 Å². The minimum atomic E-state index is 0.0694. The molecule has 0 spiro atoms. The summed E-state index contributed by atoms with van der Waals surface area (Å²) in [7, 11) is 0. The van der Waals surface area contributed by atoms with Gasteiger partial charge in [0.15, 0.2) is 0 Å². The summed E-state index contributed by atoms with van der Waals surface area (Å²) in [5, 5.41) is 7.26. The predicted molar refractivity (Wildman–Crippen MR) is 48.9 cm³/mol. The zero-order valence-electron chi connectivity index (χ0n) is 7.89. The molecule has 3 nitrogen and oxygen atoms in total. The normalized spacial score (nSPS) is 14.0. The fourth-order valence-electron chi connectivity index (χ4n) is 1.26. The van der Waals surface area contributed by atoms with Gasteiger partial charge in [-0.05, 0) is 27.3 Å². The molecule has 0 aromatic rings. The number of hydrogen-bond acceptors (Lipinski definition) is 2. The van der Waals surface area contributed by atoms with Crippen molar-refractivity contribution in [1.82, 2.24) is 4.90 Å². The summed E-state index contributed by atoms with van der Waals surface area (Å²) in [4.78, 5) is 2.18. The summed E-state index contributed by atoms with van der Waals surface area (Å²) >= 11 is 0. The minimum absolute atomic E-state index is 0.0694. The van der Waals surface area contributed by atoms with Crippen LogP contribution in [-0.4, -0.2) is 29.4 Å². The molecule has 3 N–H and O–H groups in total. The maximum atomic E-state index is 7.26. The molecule has 0 bridgehead atoms. The van der Waals surface area contributed by atoms with E-state index in [0.717, 1.165) is 6.54 Å². The van der Waals surface area contributed by atoms with Gasteiger partial charge in [-0.15, -0.1) is 0 Å². The molecule has 0 radical (unpaired) electrons. The third-order valence-corrected chi connectivity index (χ3v) is 1.98. The van der Waals surface area contributed by atoms with Crippen LogP contribution in [0.2, 0.25) is 0 Å². The molecule has 0 aromatic heterocycles. The second kappa shape index (κ2) is 4.34. The first-order valence-corrected chi connectivity index (χ1v) is 4.10. The summed E-state index contributed by atoms with van der Waals surface area (Å²) in [6.45, 7) is 9.22. The molecule has 0 aliphatic carbocycles. The van der Waals surface area contributed by atoms with Gasteiger partial charge >= 0.3 is 0 Å². The molecule has 11 heavy (non-hydrogen) atoms. The van der Waals surface area contributed by atoms with Crippen molar-refractivity contribution in [2.24, 2.45) is 5.73 Å². The molecule has 0 heterocycles. The Balaban J connectivity index is 4.13. The van der Waals surface area contributed by atoms with E-state index in [1.54, 1.807) is 0 Å². The van der Waals surface area contributed by atoms with Crippen molar-refractivity contribution in [3.8, 4) is 0 Å². The lowest BCUT2D eigenvalue weighted by molar-refractivity contribution is 0.212. The van der Waals surface area contributed by atoms with Gasteiger partial charge in [-0.3, -0.25) is 10.3 Å². The maximum absolute atomic E-state index is 7.26. The average molecular weight is 157 g/mol. The monoisotopic (exact) mass is 157 g/mol. The van der Waals surface area contributed by atoms with E-state index in [-0.39, 0.29) is 11.9 Å². The van der Waals surface area contributed by atoms with Gasteiger partial charge in [-0.25, -0.2) is 0 Å². The number of rotatable bonds is 4. The van der Waals surface area contributed by atoms with Gasteiger partial charge < -0.3 is 5.73 Å². The molecule has 0 saturated heterocycles. The van der Waals surface area contributed by atoms with E-state index in [9.17, 15) is 0 Å². The van der Waals surface area contributed by atoms with Crippen LogP contribution in [0.4, 0.5) is 0 Å². The molecule has 0 aromatic carbocycles. The zero-order valence-corrected chi connectivity index (χ0v) is 7.89. The minimum Gasteiger partial charge on any atom is -0.386 e. The molecule has 0 rings (SSSR count). The van der Waals surface area contributed by atoms with Crippen molar-refractivity contribution in [3.63, 3.8) is 0 Å². The van der Waals surface area contributed by atoms with Crippen molar-refractivity contribution in [2.45, 2.75) is 39.8 Å². The number of hydrogen-bond donors (Lipinski definition) is 2. The lowest BCUT2D eigenvalue weighted by atomic mass is 10.2. The second-order valence-electron chi connectivity index (χ2n) is 3.06. The first-order chi connectivity index (χ1) is 5.00. The van der Waals surface area contributed by atoms with E-state index in [2.05, 4.69) is 25.7 Å². The number of likely N-dealkylation sites (N-methyl/N-ethyl adjacent to an activating group) is 1. The van der Waals surface area contributed by atoms with Crippen LogP contribution in [0, 0.1) is 5.41 Å². The molecular weight excluding hydrogens is 138 g/mol. The Morgan fingerprint density at radius 2 is 1.91 bits per heavy atom. The van der Waals surface area contributed by atoms with Crippen molar-refractivity contribution >= 4 is 5.84 Å². The van der Waals surface area contributed by atoms with E-state index in [0.29, 0.717) is 6.04 Å². The quantitative estimate of drug-likeness (QED) is 0.473. The molecule has 0 amide bonds. The molecule has 1 atom stereocenters. The molecule has 66 valence electrons. The van der Waals surface area contributed by atoms with Crippen molar-refractivity contribution in [2.75, 3.05) is 6.54 Å². The van der Waals surface area contributed by atoms with E-state index < -0.39 is 0 Å². The number of nitrogens with two attached hydrogens (primary N) is 1. The van der Waals surface area contributed by atoms with E-state index in [1.165, 1.54) is 0 Å². The van der Waals surface area contributed by atoms with Crippen LogP contribution in [-0.2, 0) is 0 Å². The van der Waals surface area contributed by atoms with Crippen molar-refractivity contribution in [3.05, 3.63) is 0 Å². The van der Waals surface area contributed by atoms with Crippen molar-refractivity contribution < 1.29 is 0 Å². The van der Waals surface area contributed by atoms with Crippen LogP contribution in [0.1, 0.15) is 27.7 Å². The van der Waals surface area contributed by atoms with Gasteiger partial charge in [0, 0.05) is 6.04 Å². The Kier molecular flexibility index (Phi) is 4.11. The Labute approximate surface area is 69.1 Å². The smallest absolute Gasteiger partial charge is 0.108 e. The third kappa shape index (κ3) is 2.89. The maximum Gasteiger partial charge on any atom is 0.108 e. The summed E-state index contributed by atoms with van der Waals surface area (Å²) in [6, 6.07) is 0.527. The zero-order chi connectivity index (χ0) is 9.02. The fourth-order valence-corrected chi connectivity index (χ4v) is 1.26. The van der Waals surface area contributed by atoms with Gasteiger partial charge in [0.25, 0.3) is 0 Å². The van der Waals surface area contributed by atoms with Gasteiger partial charge in [0.1, 0.15) is 5.84 Å². The molecule has 0 aliphatic rings. The van der Waals surface area contributed by atoms with Gasteiger partial charge in [-0.2, -0.15) is 0 Å². The Bertz CT molecular complexity index is 131. The molecule has 1 unspecified atom stereocenters. The highest BCUT2D eigenvalue weighted by atomic mass is 15.2. The summed E-state index contributed by atoms with van der Waals surface area (Å²) in [6.07, 6.45) is 0. The standard InChI is InChI=1S/C8H19N3/c1-5-11(6(2)3)7(4)8(9)10/h6-7H,5H2,1-4H3,(H3,9,10). The first-order valence-electron chi connectivity index (χ1n) is 4.10. The summed E-state index contributed by atoms with van der Waals surface area (Å²) in [5.74, 6) is 0.251. The van der Waals surface area contributed by atoms with Crippen molar-refractivity contribution in [1.29, 1.82) is 5.41 Å². The van der Waals surface area contributed by atoms with Crippen LogP contribution in [0.25, 0.3) is 0 Å². The highest BCUT2D eigenvalue weighted by Crippen LogP contribution is 2.03. The lowest BCUT2D eigenvalue weighted by Gasteiger charge is -2.30. The highest BCUT2D eigenvalue weighted by molar-refractivity contribution is 5.82. The Hall–Kier alpha value is -0.570. The van der Waals surface area contributed by atoms with E-state index in [4.69, 9.17) is 11.1 Å². The first kappa shape index (κ1) is 10.4. The van der Waals surface area contributed by atoms with Gasteiger partial charge in [-0.1, -0.05) is 6.92 Å². The highest BCUT2D eigenvalue weighted by Gasteiger charge is 2.16. The van der Waals surface area contributed by atoms with E-state index >= 15 is 0 Å². The largest absolute Gasteiger partial charge is 0.386 e. The molecular formula is C8H19N3. The lowest BCUT2D eigenvalue weighted by Crippen LogP contribution is -2.45. The number of amidine groups is 1. The third-order valence-electron chi connectivity index (χ3n) is 1.98. The van der Waals surface area contributed by atoms with Gasteiger partial charge in [0.05, 0.1) is 6.04 Å². The fraction of sp³-hybridized carbons (Fsp3) is 0.875. The van der Waals surface area contributed by atoms with Crippen LogP contribution < -0.4 is 5.73 Å². The predicted octanol–water partition coefficient (Wildman–Crippen LogP) is 1.04. The topological polar surface area (TPSA) is 53.1 Å². The van der Waals surface area contributed by atoms with Gasteiger partial charge in [0.2, 0.25) is 0 Å². The average Bonchev–Trinajstić information content (AvgIpc) is 1.88. The number of nitrogens with one attached hydrogen (secondary N) is 1. The second-order valence-corrected chi connectivity index (χ2v) is 3.06. The molecule has 0 saturated carbocycles. The Morgan fingerprint density at radius 3 is 2.00 bits per heavy atom. The van der Waals surface area contributed by atoms with Crippen LogP contribution in [0.15, 0.2) is 0 Å². The van der Waals surface area contributed by atoms with E-state index in [1.807, 2.05) is 6.92 Å². The summed E-state index contributed by atoms with van der Waals surface area (Å²) < 4.78 is 0. The molecule has 0 fully saturated rings. The molecule has 3 heteroatoms. The summed E-state index contributed by atoms with van der Waals surface area (Å²) in [5.41, 5.74) is 5.39. The molecule has 0 aliphatic heterocycles. The number of nitrogens with zero attached hydrogens (tertiary/aromatic N) is 1. The van der Waals surface area contributed by atoms with Crippen LogP contribution in [0.3, 0.4) is 0 Å².